The molecule has 0 saturated heterocycles. The summed E-state index contributed by atoms with van der Waals surface area (Å²) in [4.78, 5) is 11.7. The molecule has 0 spiro atoms. The Kier molecular flexibility index (Phi) is 3.87. The lowest BCUT2D eigenvalue weighted by Crippen LogP contribution is -2.28. The van der Waals surface area contributed by atoms with Crippen LogP contribution in [0.4, 0.5) is 0 Å². The quantitative estimate of drug-likeness (QED) is 0.813. The van der Waals surface area contributed by atoms with Crippen molar-refractivity contribution in [3.05, 3.63) is 35.4 Å². The first-order chi connectivity index (χ1) is 7.15. The highest BCUT2D eigenvalue weighted by molar-refractivity contribution is 5.95. The Bertz CT molecular complexity index is 393. The van der Waals surface area contributed by atoms with Gasteiger partial charge < -0.3 is 5.32 Å². The van der Waals surface area contributed by atoms with Gasteiger partial charge in [-0.1, -0.05) is 18.2 Å². The van der Waals surface area contributed by atoms with Crippen molar-refractivity contribution >= 4 is 5.91 Å². The Balaban J connectivity index is 2.63. The first-order valence-electron chi connectivity index (χ1n) is 4.88. The predicted octanol–water partition coefficient (Wildman–Crippen LogP) is 1.88. The molecular formula is C12H14N2O. The van der Waals surface area contributed by atoms with Gasteiger partial charge in [-0.05, 0) is 25.5 Å². The highest BCUT2D eigenvalue weighted by atomic mass is 16.1. The molecule has 0 fully saturated rings. The van der Waals surface area contributed by atoms with Crippen LogP contribution in [0.25, 0.3) is 0 Å². The fourth-order valence-electron chi connectivity index (χ4n) is 1.21. The number of amides is 1. The van der Waals surface area contributed by atoms with Gasteiger partial charge in [0.05, 0.1) is 12.0 Å². The van der Waals surface area contributed by atoms with Crippen molar-refractivity contribution in [1.29, 1.82) is 5.26 Å². The van der Waals surface area contributed by atoms with E-state index in [1.165, 1.54) is 0 Å². The van der Waals surface area contributed by atoms with Crippen LogP contribution in [0.1, 0.15) is 22.8 Å². The molecule has 0 bridgehead atoms. The number of carbonyl (C=O) groups is 1. The minimum atomic E-state index is -0.155. The van der Waals surface area contributed by atoms with Gasteiger partial charge in [0.25, 0.3) is 5.91 Å². The van der Waals surface area contributed by atoms with Crippen molar-refractivity contribution in [2.75, 3.05) is 6.54 Å². The number of benzene rings is 1. The van der Waals surface area contributed by atoms with Gasteiger partial charge in [-0.15, -0.1) is 0 Å². The molecule has 78 valence electrons. The molecule has 1 N–H and O–H groups in total. The molecule has 0 aliphatic carbocycles. The number of aryl methyl sites for hydroxylation is 1. The normalized spacial score (nSPS) is 11.5. The summed E-state index contributed by atoms with van der Waals surface area (Å²) in [5, 5.41) is 11.3. The average molecular weight is 202 g/mol. The molecule has 0 radical (unpaired) electrons. The number of hydrogen-bond acceptors (Lipinski definition) is 2. The summed E-state index contributed by atoms with van der Waals surface area (Å²) in [5.74, 6) is -0.270. The van der Waals surface area contributed by atoms with Crippen molar-refractivity contribution in [2.24, 2.45) is 5.92 Å². The lowest BCUT2D eigenvalue weighted by molar-refractivity contribution is 0.0950. The zero-order valence-electron chi connectivity index (χ0n) is 8.95. The second kappa shape index (κ2) is 5.16. The maximum Gasteiger partial charge on any atom is 0.251 e. The molecule has 0 saturated carbocycles. The SMILES string of the molecule is Cc1ccccc1C(=O)NCC(C)C#N. The van der Waals surface area contributed by atoms with Crippen LogP contribution in [-0.4, -0.2) is 12.5 Å². The van der Waals surface area contributed by atoms with E-state index in [1.54, 1.807) is 13.0 Å². The Morgan fingerprint density at radius 2 is 2.20 bits per heavy atom. The first kappa shape index (κ1) is 11.3. The number of nitrogens with zero attached hydrogens (tertiary/aromatic N) is 1. The number of nitriles is 1. The number of nitrogens with one attached hydrogen (secondary N) is 1. The summed E-state index contributed by atoms with van der Waals surface area (Å²) in [6.07, 6.45) is 0. The second-order valence-electron chi connectivity index (χ2n) is 3.56. The van der Waals surface area contributed by atoms with Crippen LogP contribution in [0.15, 0.2) is 24.3 Å². The van der Waals surface area contributed by atoms with Gasteiger partial charge in [0, 0.05) is 12.1 Å². The van der Waals surface area contributed by atoms with Gasteiger partial charge in [0.2, 0.25) is 0 Å². The fraction of sp³-hybridized carbons (Fsp3) is 0.333. The average Bonchev–Trinajstić information content (AvgIpc) is 2.26. The first-order valence-corrected chi connectivity index (χ1v) is 4.88. The van der Waals surface area contributed by atoms with Gasteiger partial charge in [0.15, 0.2) is 0 Å². The van der Waals surface area contributed by atoms with Crippen molar-refractivity contribution < 1.29 is 4.79 Å². The smallest absolute Gasteiger partial charge is 0.251 e. The standard InChI is InChI=1S/C12H14N2O/c1-9(7-13)8-14-12(15)11-6-4-3-5-10(11)2/h3-6,9H,8H2,1-2H3,(H,14,15). The van der Waals surface area contributed by atoms with E-state index in [0.717, 1.165) is 5.56 Å². The Hall–Kier alpha value is -1.82. The van der Waals surface area contributed by atoms with E-state index >= 15 is 0 Å². The highest BCUT2D eigenvalue weighted by Crippen LogP contribution is 2.06. The zero-order valence-corrected chi connectivity index (χ0v) is 8.95. The minimum Gasteiger partial charge on any atom is -0.351 e. The third-order valence-electron chi connectivity index (χ3n) is 2.18. The molecule has 15 heavy (non-hydrogen) atoms. The van der Waals surface area contributed by atoms with E-state index in [-0.39, 0.29) is 11.8 Å². The molecule has 1 aromatic carbocycles. The Morgan fingerprint density at radius 1 is 1.53 bits per heavy atom. The van der Waals surface area contributed by atoms with Crippen molar-refractivity contribution in [3.63, 3.8) is 0 Å². The van der Waals surface area contributed by atoms with Gasteiger partial charge in [-0.25, -0.2) is 0 Å². The maximum atomic E-state index is 11.7. The van der Waals surface area contributed by atoms with Gasteiger partial charge in [0.1, 0.15) is 0 Å². The van der Waals surface area contributed by atoms with Gasteiger partial charge in [-0.2, -0.15) is 5.26 Å². The molecule has 1 aromatic rings. The molecule has 0 aliphatic heterocycles. The van der Waals surface area contributed by atoms with E-state index in [4.69, 9.17) is 5.26 Å². The van der Waals surface area contributed by atoms with E-state index < -0.39 is 0 Å². The van der Waals surface area contributed by atoms with E-state index in [1.807, 2.05) is 25.1 Å². The highest BCUT2D eigenvalue weighted by Gasteiger charge is 2.08. The fourth-order valence-corrected chi connectivity index (χ4v) is 1.21. The van der Waals surface area contributed by atoms with Gasteiger partial charge >= 0.3 is 0 Å². The van der Waals surface area contributed by atoms with Crippen LogP contribution in [0.2, 0.25) is 0 Å². The van der Waals surface area contributed by atoms with Crippen LogP contribution < -0.4 is 5.32 Å². The summed E-state index contributed by atoms with van der Waals surface area (Å²) < 4.78 is 0. The molecule has 3 nitrogen and oxygen atoms in total. The van der Waals surface area contributed by atoms with Crippen molar-refractivity contribution in [3.8, 4) is 6.07 Å². The maximum absolute atomic E-state index is 11.7. The van der Waals surface area contributed by atoms with E-state index in [0.29, 0.717) is 12.1 Å². The van der Waals surface area contributed by atoms with E-state index in [9.17, 15) is 4.79 Å². The largest absolute Gasteiger partial charge is 0.351 e. The lowest BCUT2D eigenvalue weighted by Gasteiger charge is -2.07. The molecular weight excluding hydrogens is 188 g/mol. The van der Waals surface area contributed by atoms with Crippen LogP contribution in [0.3, 0.4) is 0 Å². The Labute approximate surface area is 89.7 Å². The van der Waals surface area contributed by atoms with Gasteiger partial charge in [-0.3, -0.25) is 4.79 Å². The topological polar surface area (TPSA) is 52.9 Å². The van der Waals surface area contributed by atoms with Crippen molar-refractivity contribution in [2.45, 2.75) is 13.8 Å². The summed E-state index contributed by atoms with van der Waals surface area (Å²) in [5.41, 5.74) is 1.61. The monoisotopic (exact) mass is 202 g/mol. The third kappa shape index (κ3) is 3.10. The molecule has 1 amide bonds. The summed E-state index contributed by atoms with van der Waals surface area (Å²) in [6, 6.07) is 9.46. The number of hydrogen-bond donors (Lipinski definition) is 1. The molecule has 1 unspecified atom stereocenters. The van der Waals surface area contributed by atoms with Crippen LogP contribution in [0.5, 0.6) is 0 Å². The molecule has 1 rings (SSSR count). The minimum absolute atomic E-state index is 0.116. The molecule has 0 aromatic heterocycles. The lowest BCUT2D eigenvalue weighted by atomic mass is 10.1. The predicted molar refractivity (Wildman–Crippen MR) is 58.3 cm³/mol. The van der Waals surface area contributed by atoms with E-state index in [2.05, 4.69) is 11.4 Å². The molecule has 0 heterocycles. The van der Waals surface area contributed by atoms with Crippen LogP contribution in [-0.2, 0) is 0 Å². The summed E-state index contributed by atoms with van der Waals surface area (Å²) in [7, 11) is 0. The zero-order chi connectivity index (χ0) is 11.3. The molecule has 1 atom stereocenters. The third-order valence-corrected chi connectivity index (χ3v) is 2.18. The van der Waals surface area contributed by atoms with Crippen molar-refractivity contribution in [1.82, 2.24) is 5.32 Å². The number of rotatable bonds is 3. The Morgan fingerprint density at radius 3 is 2.80 bits per heavy atom. The molecule has 3 heteroatoms. The summed E-state index contributed by atoms with van der Waals surface area (Å²) >= 11 is 0. The van der Waals surface area contributed by atoms with Crippen LogP contribution >= 0.6 is 0 Å². The molecule has 0 aliphatic rings. The summed E-state index contributed by atoms with van der Waals surface area (Å²) in [6.45, 7) is 4.06. The van der Waals surface area contributed by atoms with Crippen LogP contribution in [0, 0.1) is 24.2 Å². The second-order valence-corrected chi connectivity index (χ2v) is 3.56. The number of carbonyl (C=O) groups excluding carboxylic acids is 1.